The van der Waals surface area contributed by atoms with Gasteiger partial charge < -0.3 is 35.7 Å². The molecular formula is C32H39F2N7O3. The number of hydrogen-bond acceptors (Lipinski definition) is 9. The second kappa shape index (κ2) is 12.3. The second-order valence-electron chi connectivity index (χ2n) is 12.4. The molecule has 234 valence electrons. The molecule has 12 heteroatoms. The fourth-order valence-corrected chi connectivity index (χ4v) is 5.50. The van der Waals surface area contributed by atoms with Crippen molar-refractivity contribution in [3.63, 3.8) is 0 Å². The molecule has 5 rings (SSSR count). The van der Waals surface area contributed by atoms with Crippen LogP contribution in [0.5, 0.6) is 5.75 Å². The summed E-state index contributed by atoms with van der Waals surface area (Å²) in [7, 11) is 0. The first-order valence-electron chi connectivity index (χ1n) is 14.8. The van der Waals surface area contributed by atoms with E-state index in [2.05, 4.69) is 15.3 Å². The predicted octanol–water partition coefficient (Wildman–Crippen LogP) is 6.37. The van der Waals surface area contributed by atoms with E-state index in [0.29, 0.717) is 67.4 Å². The number of hydrogen-bond donors (Lipinski definition) is 3. The van der Waals surface area contributed by atoms with Gasteiger partial charge in [-0.3, -0.25) is 0 Å². The average Bonchev–Trinajstić information content (AvgIpc) is 2.97. The van der Waals surface area contributed by atoms with Gasteiger partial charge in [-0.2, -0.15) is 0 Å². The molecule has 0 aliphatic carbocycles. The number of ether oxygens (including phenoxy) is 2. The largest absolute Gasteiger partial charge is 0.486 e. The molecule has 10 nitrogen and oxygen atoms in total. The summed E-state index contributed by atoms with van der Waals surface area (Å²) in [5.74, 6) is -1.12. The van der Waals surface area contributed by atoms with Gasteiger partial charge in [-0.1, -0.05) is 0 Å². The third-order valence-corrected chi connectivity index (χ3v) is 7.71. The Morgan fingerprint density at radius 2 is 1.86 bits per heavy atom. The van der Waals surface area contributed by atoms with Crippen molar-refractivity contribution in [3.8, 4) is 17.0 Å². The zero-order valence-electron chi connectivity index (χ0n) is 25.7. The number of aromatic nitrogens is 2. The quantitative estimate of drug-likeness (QED) is 0.218. The minimum Gasteiger partial charge on any atom is -0.486 e. The molecule has 1 saturated heterocycles. The summed E-state index contributed by atoms with van der Waals surface area (Å²) in [6.07, 6.45) is 1.90. The zero-order chi connectivity index (χ0) is 31.8. The Morgan fingerprint density at radius 1 is 1.14 bits per heavy atom. The smallest absolute Gasteiger partial charge is 0.410 e. The highest BCUT2D eigenvalue weighted by Crippen LogP contribution is 2.39. The molecule has 0 atom stereocenters. The number of nitrogen functional groups attached to an aromatic ring is 1. The zero-order valence-corrected chi connectivity index (χ0v) is 25.7. The molecular weight excluding hydrogens is 568 g/mol. The molecule has 2 aliphatic heterocycles. The molecule has 2 aliphatic rings. The van der Waals surface area contributed by atoms with Gasteiger partial charge in [0, 0.05) is 53.3 Å². The third kappa shape index (κ3) is 6.68. The highest BCUT2D eigenvalue weighted by molar-refractivity contribution is 6.05. The summed E-state index contributed by atoms with van der Waals surface area (Å²) in [6.45, 7) is 11.4. The van der Waals surface area contributed by atoms with Crippen LogP contribution in [0.1, 0.15) is 53.0 Å². The Kier molecular flexibility index (Phi) is 8.62. The van der Waals surface area contributed by atoms with Crippen LogP contribution in [-0.2, 0) is 4.74 Å². The molecule has 0 saturated carbocycles. The number of benzene rings is 2. The van der Waals surface area contributed by atoms with Crippen molar-refractivity contribution in [2.45, 2.75) is 59.1 Å². The molecule has 3 heterocycles. The van der Waals surface area contributed by atoms with Crippen LogP contribution in [0.15, 0.2) is 36.5 Å². The lowest BCUT2D eigenvalue weighted by atomic mass is 9.87. The summed E-state index contributed by atoms with van der Waals surface area (Å²) in [4.78, 5) is 24.6. The van der Waals surface area contributed by atoms with Crippen LogP contribution in [0, 0.1) is 23.0 Å². The number of piperidine rings is 1. The maximum absolute atomic E-state index is 15.1. The van der Waals surface area contributed by atoms with Crippen molar-refractivity contribution < 1.29 is 23.0 Å². The highest BCUT2D eigenvalue weighted by atomic mass is 19.1. The van der Waals surface area contributed by atoms with E-state index in [1.807, 2.05) is 39.5 Å². The predicted molar refractivity (Wildman–Crippen MR) is 167 cm³/mol. The van der Waals surface area contributed by atoms with E-state index in [4.69, 9.17) is 20.6 Å². The van der Waals surface area contributed by atoms with E-state index in [1.165, 1.54) is 6.07 Å². The number of nitrogens with one attached hydrogen (secondary N) is 2. The normalized spacial score (nSPS) is 15.5. The number of rotatable bonds is 6. The van der Waals surface area contributed by atoms with E-state index in [9.17, 15) is 4.79 Å². The van der Waals surface area contributed by atoms with Gasteiger partial charge in [-0.15, -0.1) is 0 Å². The van der Waals surface area contributed by atoms with Gasteiger partial charge in [0.05, 0.1) is 18.4 Å². The molecule has 0 spiro atoms. The van der Waals surface area contributed by atoms with Crippen molar-refractivity contribution >= 4 is 34.8 Å². The number of anilines is 4. The fourth-order valence-electron chi connectivity index (χ4n) is 5.50. The van der Waals surface area contributed by atoms with Crippen molar-refractivity contribution in [3.05, 3.63) is 53.7 Å². The molecule has 0 radical (unpaired) electrons. The summed E-state index contributed by atoms with van der Waals surface area (Å²) in [5.41, 5.74) is 8.38. The lowest BCUT2D eigenvalue weighted by Crippen LogP contribution is -2.43. The van der Waals surface area contributed by atoms with Crippen molar-refractivity contribution in [1.82, 2.24) is 14.9 Å². The van der Waals surface area contributed by atoms with Gasteiger partial charge in [-0.05, 0) is 77.8 Å². The minimum absolute atomic E-state index is 0.0568. The van der Waals surface area contributed by atoms with E-state index >= 15 is 8.78 Å². The number of halogens is 2. The number of nitrogens with two attached hydrogens (primary N) is 1. The highest BCUT2D eigenvalue weighted by Gasteiger charge is 2.30. The first kappa shape index (κ1) is 31.0. The fraction of sp³-hybridized carbons (Fsp3) is 0.438. The monoisotopic (exact) mass is 607 g/mol. The van der Waals surface area contributed by atoms with E-state index in [1.54, 1.807) is 29.2 Å². The average molecular weight is 608 g/mol. The Labute approximate surface area is 256 Å². The lowest BCUT2D eigenvalue weighted by Gasteiger charge is -2.34. The minimum atomic E-state index is -0.694. The summed E-state index contributed by atoms with van der Waals surface area (Å²) < 4.78 is 41.1. The van der Waals surface area contributed by atoms with Crippen LogP contribution in [0.4, 0.5) is 36.6 Å². The Morgan fingerprint density at radius 3 is 2.55 bits per heavy atom. The molecule has 1 fully saturated rings. The lowest BCUT2D eigenvalue weighted by molar-refractivity contribution is 0.0201. The Bertz CT molecular complexity index is 1570. The molecule has 2 aromatic carbocycles. The number of likely N-dealkylation sites (tertiary alicyclic amines) is 1. The topological polar surface area (TPSA) is 130 Å². The SMILES string of the molecule is CC(C)N1CCOc2c(F)cc(-c3nc(Nc4ccc(N)c(C(=N)C5CCN(C(=O)OC(C)(C)C)CC5)c4)ncc3F)cc21. The molecule has 0 unspecified atom stereocenters. The van der Waals surface area contributed by atoms with Crippen LogP contribution in [0.25, 0.3) is 11.3 Å². The van der Waals surface area contributed by atoms with Gasteiger partial charge in [0.1, 0.15) is 17.9 Å². The van der Waals surface area contributed by atoms with E-state index < -0.39 is 17.2 Å². The first-order chi connectivity index (χ1) is 20.8. The Hall–Kier alpha value is -4.48. The van der Waals surface area contributed by atoms with Crippen LogP contribution < -0.4 is 20.7 Å². The van der Waals surface area contributed by atoms with Gasteiger partial charge in [-0.25, -0.2) is 23.5 Å². The third-order valence-electron chi connectivity index (χ3n) is 7.71. The van der Waals surface area contributed by atoms with Gasteiger partial charge in [0.2, 0.25) is 5.95 Å². The summed E-state index contributed by atoms with van der Waals surface area (Å²) >= 11 is 0. The van der Waals surface area contributed by atoms with Crippen molar-refractivity contribution in [2.24, 2.45) is 5.92 Å². The standard InChI is InChI=1S/C32H39F2N7O3/c1-18(2)41-12-13-43-29-23(33)14-20(15-26(29)41)28-24(34)17-37-30(39-28)38-21-6-7-25(35)22(16-21)27(36)19-8-10-40(11-9-19)31(42)44-32(3,4)5/h6-7,14-19,36H,8-13,35H2,1-5H3,(H,37,38,39). The maximum atomic E-state index is 15.1. The molecule has 4 N–H and O–H groups in total. The van der Waals surface area contributed by atoms with Crippen molar-refractivity contribution in [1.29, 1.82) is 5.41 Å². The molecule has 1 amide bonds. The Balaban J connectivity index is 1.33. The summed E-state index contributed by atoms with van der Waals surface area (Å²) in [5, 5.41) is 12.0. The number of nitrogens with zero attached hydrogens (tertiary/aromatic N) is 4. The number of carbonyl (C=O) groups excluding carboxylic acids is 1. The van der Waals surface area contributed by atoms with Crippen LogP contribution in [-0.4, -0.2) is 64.6 Å². The van der Waals surface area contributed by atoms with E-state index in [-0.39, 0.29) is 41.0 Å². The van der Waals surface area contributed by atoms with Crippen LogP contribution in [0.2, 0.25) is 0 Å². The molecule has 44 heavy (non-hydrogen) atoms. The number of carbonyl (C=O) groups is 1. The van der Waals surface area contributed by atoms with Crippen LogP contribution >= 0.6 is 0 Å². The van der Waals surface area contributed by atoms with Gasteiger partial charge in [0.25, 0.3) is 0 Å². The first-order valence-corrected chi connectivity index (χ1v) is 14.8. The number of amides is 1. The van der Waals surface area contributed by atoms with Crippen molar-refractivity contribution in [2.75, 3.05) is 42.2 Å². The molecule has 3 aromatic rings. The maximum Gasteiger partial charge on any atom is 0.410 e. The summed E-state index contributed by atoms with van der Waals surface area (Å²) in [6, 6.07) is 8.14. The van der Waals surface area contributed by atoms with Crippen LogP contribution in [0.3, 0.4) is 0 Å². The van der Waals surface area contributed by atoms with Gasteiger partial charge >= 0.3 is 6.09 Å². The second-order valence-corrected chi connectivity index (χ2v) is 12.4. The van der Waals surface area contributed by atoms with Gasteiger partial charge in [0.15, 0.2) is 17.4 Å². The molecule has 0 bridgehead atoms. The van der Waals surface area contributed by atoms with E-state index in [0.717, 1.165) is 6.20 Å². The number of fused-ring (bicyclic) bond motifs is 1. The molecule has 1 aromatic heterocycles.